The molecule has 3 aromatic rings. The van der Waals surface area contributed by atoms with Gasteiger partial charge in [0.05, 0.1) is 10.8 Å². The van der Waals surface area contributed by atoms with Crippen molar-refractivity contribution < 1.29 is 13.2 Å². The van der Waals surface area contributed by atoms with Crippen molar-refractivity contribution in [3.05, 3.63) is 99.2 Å². The summed E-state index contributed by atoms with van der Waals surface area (Å²) in [5, 5.41) is 0. The number of hydrogen-bond acceptors (Lipinski definition) is 5. The van der Waals surface area contributed by atoms with Gasteiger partial charge in [0.1, 0.15) is 10.7 Å². The summed E-state index contributed by atoms with van der Waals surface area (Å²) in [5.41, 5.74) is 8.75. The molecule has 0 bridgehead atoms. The third-order valence-corrected chi connectivity index (χ3v) is 7.74. The number of benzene rings is 3. The van der Waals surface area contributed by atoms with Crippen LogP contribution in [0.15, 0.2) is 93.0 Å². The number of ether oxygens (including phenoxy) is 1. The Bertz CT molecular complexity index is 1240. The topological polar surface area (TPSA) is 72.6 Å². The van der Waals surface area contributed by atoms with Crippen LogP contribution in [0.4, 0.5) is 5.69 Å². The SMILES string of the molecule is CN(C)c1ccc2c(c1)OC(N)=C(S(=O)(=O)c1ccccc1)C2c1ccccc1Br. The fraction of sp³-hybridized carbons (Fsp3) is 0.130. The lowest BCUT2D eigenvalue weighted by molar-refractivity contribution is 0.395. The molecule has 30 heavy (non-hydrogen) atoms. The van der Waals surface area contributed by atoms with Gasteiger partial charge in [0.2, 0.25) is 15.7 Å². The molecule has 7 heteroatoms. The molecule has 0 saturated carbocycles. The molecule has 1 heterocycles. The Hall–Kier alpha value is -2.77. The summed E-state index contributed by atoms with van der Waals surface area (Å²) in [6, 6.07) is 21.6. The number of allylic oxidation sites excluding steroid dienone is 1. The smallest absolute Gasteiger partial charge is 0.208 e. The van der Waals surface area contributed by atoms with Gasteiger partial charge >= 0.3 is 0 Å². The van der Waals surface area contributed by atoms with Crippen molar-refractivity contribution >= 4 is 31.5 Å². The van der Waals surface area contributed by atoms with Crippen LogP contribution in [0.2, 0.25) is 0 Å². The highest BCUT2D eigenvalue weighted by Gasteiger charge is 2.39. The maximum absolute atomic E-state index is 13.6. The molecule has 1 aliphatic rings. The summed E-state index contributed by atoms with van der Waals surface area (Å²) in [5.74, 6) is -0.166. The lowest BCUT2D eigenvalue weighted by Crippen LogP contribution is -2.27. The van der Waals surface area contributed by atoms with Crippen LogP contribution in [-0.2, 0) is 9.84 Å². The number of nitrogens with two attached hydrogens (primary N) is 1. The molecule has 1 aliphatic heterocycles. The molecule has 0 aromatic heterocycles. The highest BCUT2D eigenvalue weighted by Crippen LogP contribution is 2.48. The van der Waals surface area contributed by atoms with Gasteiger partial charge in [-0.15, -0.1) is 0 Å². The summed E-state index contributed by atoms with van der Waals surface area (Å²) in [6.07, 6.45) is 0. The van der Waals surface area contributed by atoms with E-state index in [9.17, 15) is 8.42 Å². The Balaban J connectivity index is 1.99. The Morgan fingerprint density at radius 2 is 1.60 bits per heavy atom. The van der Waals surface area contributed by atoms with Crippen LogP contribution < -0.4 is 15.4 Å². The second-order valence-electron chi connectivity index (χ2n) is 7.22. The maximum atomic E-state index is 13.6. The van der Waals surface area contributed by atoms with Gasteiger partial charge in [0.25, 0.3) is 0 Å². The average Bonchev–Trinajstić information content (AvgIpc) is 2.73. The van der Waals surface area contributed by atoms with E-state index in [-0.39, 0.29) is 15.7 Å². The van der Waals surface area contributed by atoms with Crippen LogP contribution >= 0.6 is 15.9 Å². The molecule has 3 aromatic carbocycles. The van der Waals surface area contributed by atoms with Gasteiger partial charge in [-0.1, -0.05) is 58.4 Å². The van der Waals surface area contributed by atoms with Crippen LogP contribution in [0.1, 0.15) is 17.0 Å². The predicted octanol–water partition coefficient (Wildman–Crippen LogP) is 4.64. The van der Waals surface area contributed by atoms with Crippen LogP contribution in [-0.4, -0.2) is 22.5 Å². The third kappa shape index (κ3) is 3.48. The normalized spacial score (nSPS) is 16.0. The van der Waals surface area contributed by atoms with Gasteiger partial charge in [0, 0.05) is 35.9 Å². The van der Waals surface area contributed by atoms with Crippen molar-refractivity contribution in [2.75, 3.05) is 19.0 Å². The Labute approximate surface area is 184 Å². The number of halogens is 1. The molecular formula is C23H21BrN2O3S. The van der Waals surface area contributed by atoms with Crippen LogP contribution in [0.5, 0.6) is 5.75 Å². The number of nitrogens with zero attached hydrogens (tertiary/aromatic N) is 1. The zero-order valence-electron chi connectivity index (χ0n) is 16.5. The minimum atomic E-state index is -3.90. The summed E-state index contributed by atoms with van der Waals surface area (Å²) < 4.78 is 33.9. The Morgan fingerprint density at radius 1 is 0.933 bits per heavy atom. The fourth-order valence-electron chi connectivity index (χ4n) is 3.61. The van der Waals surface area contributed by atoms with Gasteiger partial charge in [-0.25, -0.2) is 8.42 Å². The largest absolute Gasteiger partial charge is 0.440 e. The molecule has 0 amide bonds. The third-order valence-electron chi connectivity index (χ3n) is 5.11. The summed E-state index contributed by atoms with van der Waals surface area (Å²) in [4.78, 5) is 2.18. The van der Waals surface area contributed by atoms with Gasteiger partial charge in [-0.2, -0.15) is 0 Å². The number of rotatable bonds is 4. The molecule has 2 N–H and O–H groups in total. The van der Waals surface area contributed by atoms with E-state index in [0.717, 1.165) is 21.3 Å². The lowest BCUT2D eigenvalue weighted by atomic mass is 9.88. The van der Waals surface area contributed by atoms with Crippen molar-refractivity contribution in [3.8, 4) is 5.75 Å². The number of hydrogen-bond donors (Lipinski definition) is 1. The van der Waals surface area contributed by atoms with Crippen molar-refractivity contribution in [1.29, 1.82) is 0 Å². The van der Waals surface area contributed by atoms with E-state index in [2.05, 4.69) is 15.9 Å². The lowest BCUT2D eigenvalue weighted by Gasteiger charge is -2.30. The monoisotopic (exact) mass is 484 g/mol. The first-order valence-electron chi connectivity index (χ1n) is 9.34. The van der Waals surface area contributed by atoms with Crippen LogP contribution in [0.3, 0.4) is 0 Å². The van der Waals surface area contributed by atoms with Crippen molar-refractivity contribution in [1.82, 2.24) is 0 Å². The first kappa shape index (κ1) is 20.5. The summed E-state index contributed by atoms with van der Waals surface area (Å²) in [6.45, 7) is 0. The minimum absolute atomic E-state index is 0.0469. The van der Waals surface area contributed by atoms with Crippen LogP contribution in [0.25, 0.3) is 0 Å². The van der Waals surface area contributed by atoms with Gasteiger partial charge < -0.3 is 15.4 Å². The van der Waals surface area contributed by atoms with E-state index in [1.165, 1.54) is 0 Å². The first-order valence-corrected chi connectivity index (χ1v) is 11.6. The molecule has 1 atom stereocenters. The van der Waals surface area contributed by atoms with Gasteiger partial charge in [0.15, 0.2) is 0 Å². The summed E-state index contributed by atoms with van der Waals surface area (Å²) >= 11 is 3.58. The quantitative estimate of drug-likeness (QED) is 0.583. The molecule has 5 nitrogen and oxygen atoms in total. The van der Waals surface area contributed by atoms with Crippen molar-refractivity contribution in [2.24, 2.45) is 5.73 Å². The standard InChI is InChI=1S/C23H21BrN2O3S/c1-26(2)15-12-13-18-20(14-15)29-23(25)22(21(18)17-10-6-7-11-19(17)24)30(27,28)16-8-4-3-5-9-16/h3-14,21H,25H2,1-2H3. The fourth-order valence-corrected chi connectivity index (χ4v) is 5.77. The second kappa shape index (κ2) is 7.81. The van der Waals surface area contributed by atoms with E-state index in [0.29, 0.717) is 5.75 Å². The molecule has 0 spiro atoms. The highest BCUT2D eigenvalue weighted by atomic mass is 79.9. The molecular weight excluding hydrogens is 464 g/mol. The Morgan fingerprint density at radius 3 is 2.27 bits per heavy atom. The highest BCUT2D eigenvalue weighted by molar-refractivity contribution is 9.10. The molecule has 0 saturated heterocycles. The zero-order valence-corrected chi connectivity index (χ0v) is 18.9. The van der Waals surface area contributed by atoms with E-state index in [1.807, 2.05) is 61.5 Å². The minimum Gasteiger partial charge on any atom is -0.440 e. The number of anilines is 1. The molecule has 0 fully saturated rings. The maximum Gasteiger partial charge on any atom is 0.208 e. The summed E-state index contributed by atoms with van der Waals surface area (Å²) in [7, 11) is -0.0344. The van der Waals surface area contributed by atoms with Crippen molar-refractivity contribution in [2.45, 2.75) is 10.8 Å². The second-order valence-corrected chi connectivity index (χ2v) is 9.99. The molecule has 1 unspecified atom stereocenters. The molecule has 154 valence electrons. The van der Waals surface area contributed by atoms with E-state index in [4.69, 9.17) is 10.5 Å². The van der Waals surface area contributed by atoms with E-state index in [1.54, 1.807) is 30.3 Å². The molecule has 0 radical (unpaired) electrons. The number of sulfone groups is 1. The first-order chi connectivity index (χ1) is 14.3. The van der Waals surface area contributed by atoms with Crippen molar-refractivity contribution in [3.63, 3.8) is 0 Å². The zero-order chi connectivity index (χ0) is 21.5. The number of fused-ring (bicyclic) bond motifs is 1. The predicted molar refractivity (Wildman–Crippen MR) is 122 cm³/mol. The van der Waals surface area contributed by atoms with Gasteiger partial charge in [-0.05, 0) is 29.8 Å². The van der Waals surface area contributed by atoms with Gasteiger partial charge in [-0.3, -0.25) is 0 Å². The molecule has 0 aliphatic carbocycles. The molecule has 4 rings (SSSR count). The van der Waals surface area contributed by atoms with Crippen LogP contribution in [0, 0.1) is 0 Å². The van der Waals surface area contributed by atoms with E-state index < -0.39 is 15.8 Å². The average molecular weight is 485 g/mol. The van der Waals surface area contributed by atoms with E-state index >= 15 is 0 Å². The Kier molecular flexibility index (Phi) is 5.34.